The van der Waals surface area contributed by atoms with Crippen LogP contribution in [0.1, 0.15) is 30.0 Å². The number of hydrogen-bond donors (Lipinski definition) is 0. The third kappa shape index (κ3) is 6.48. The summed E-state index contributed by atoms with van der Waals surface area (Å²) in [6.07, 6.45) is 4.45. The zero-order chi connectivity index (χ0) is 17.5. The minimum atomic E-state index is -0.223. The average Bonchev–Trinajstić information content (AvgIpc) is 2.96. The molecule has 2 rings (SSSR count). The van der Waals surface area contributed by atoms with Crippen molar-refractivity contribution >= 4 is 11.8 Å². The Morgan fingerprint density at radius 3 is 2.48 bits per heavy atom. The molecular weight excluding hydrogens is 393 g/mol. The van der Waals surface area contributed by atoms with Crippen molar-refractivity contribution in [2.24, 2.45) is 0 Å². The minimum absolute atomic E-state index is 0. The second kappa shape index (κ2) is 10.6. The zero-order valence-corrected chi connectivity index (χ0v) is 18.0. The number of ether oxygens (including phenoxy) is 1. The molecule has 2 aromatic rings. The topological polar surface area (TPSA) is 52.2 Å². The number of carbonyl (C=O) groups is 2. The number of esters is 1. The fraction of sp³-hybridized carbons (Fsp3) is 0.421. The van der Waals surface area contributed by atoms with Crippen LogP contribution >= 0.6 is 0 Å². The summed E-state index contributed by atoms with van der Waals surface area (Å²) in [6, 6.07) is 7.95. The molecule has 0 aliphatic carbocycles. The van der Waals surface area contributed by atoms with Crippen molar-refractivity contribution in [1.82, 2.24) is 4.68 Å². The molecule has 0 saturated carbocycles. The van der Waals surface area contributed by atoms with Crippen LogP contribution in [0.15, 0.2) is 36.7 Å². The molecule has 1 heterocycles. The van der Waals surface area contributed by atoms with Gasteiger partial charge in [-0.1, -0.05) is 18.2 Å². The van der Waals surface area contributed by atoms with Gasteiger partial charge in [-0.05, 0) is 37.5 Å². The Hall–Kier alpha value is -1.33. The van der Waals surface area contributed by atoms with E-state index >= 15 is 0 Å². The number of nitrogens with zero attached hydrogens (tertiary/aromatic N) is 2. The first-order chi connectivity index (χ1) is 11.5. The van der Waals surface area contributed by atoms with Crippen LogP contribution in [0.4, 0.5) is 0 Å². The molecule has 0 unspecified atom stereocenters. The van der Waals surface area contributed by atoms with Crippen molar-refractivity contribution in [2.45, 2.75) is 46.7 Å². The van der Waals surface area contributed by atoms with E-state index in [4.69, 9.17) is 4.74 Å². The number of carbonyl (C=O) groups excluding carboxylic acids is 2. The first-order valence-electron chi connectivity index (χ1n) is 8.28. The summed E-state index contributed by atoms with van der Waals surface area (Å²) in [5, 5.41) is 0. The quantitative estimate of drug-likeness (QED) is 0.488. The van der Waals surface area contributed by atoms with E-state index in [0.29, 0.717) is 32.5 Å². The standard InChI is InChI=1S/C19H25N2O3.Y/c1-4-24-19(23)9-12-20-10-6-11-21(20)14-17(22)13-18-15(2)7-5-8-16(18)3;/h5-8,10-11H,4,9,12-14H2,1-3H3;/q+1;. The summed E-state index contributed by atoms with van der Waals surface area (Å²) in [5.74, 6) is -0.0758. The molecule has 1 radical (unpaired) electrons. The summed E-state index contributed by atoms with van der Waals surface area (Å²) in [6.45, 7) is 7.04. The van der Waals surface area contributed by atoms with Gasteiger partial charge in [0.1, 0.15) is 0 Å². The van der Waals surface area contributed by atoms with Crippen LogP contribution in [0.3, 0.4) is 0 Å². The first kappa shape index (κ1) is 21.7. The average molecular weight is 418 g/mol. The molecule has 0 atom stereocenters. The molecule has 0 spiro atoms. The fourth-order valence-corrected chi connectivity index (χ4v) is 2.76. The van der Waals surface area contributed by atoms with Crippen LogP contribution in [-0.4, -0.2) is 23.0 Å². The number of aromatic nitrogens is 2. The molecule has 0 N–H and O–H groups in total. The van der Waals surface area contributed by atoms with Crippen LogP contribution in [0.25, 0.3) is 0 Å². The van der Waals surface area contributed by atoms with Gasteiger partial charge in [0, 0.05) is 45.2 Å². The number of rotatable bonds is 8. The molecular formula is C19H25N2O3Y+. The third-order valence-corrected chi connectivity index (χ3v) is 4.05. The van der Waals surface area contributed by atoms with Gasteiger partial charge in [0.2, 0.25) is 12.3 Å². The summed E-state index contributed by atoms with van der Waals surface area (Å²) in [7, 11) is 0. The van der Waals surface area contributed by atoms with Crippen molar-refractivity contribution in [3.8, 4) is 0 Å². The van der Waals surface area contributed by atoms with Crippen molar-refractivity contribution in [3.05, 3.63) is 53.3 Å². The minimum Gasteiger partial charge on any atom is -0.466 e. The van der Waals surface area contributed by atoms with E-state index in [2.05, 4.69) is 0 Å². The molecule has 0 aliphatic rings. The van der Waals surface area contributed by atoms with Gasteiger partial charge in [-0.15, -0.1) is 4.68 Å². The van der Waals surface area contributed by atoms with Gasteiger partial charge >= 0.3 is 5.97 Å². The number of ketones is 1. The van der Waals surface area contributed by atoms with E-state index in [1.54, 1.807) is 6.92 Å². The number of aryl methyl sites for hydroxylation is 3. The molecule has 1 aromatic heterocycles. The van der Waals surface area contributed by atoms with E-state index in [-0.39, 0.29) is 44.5 Å². The predicted molar refractivity (Wildman–Crippen MR) is 90.5 cm³/mol. The van der Waals surface area contributed by atoms with Crippen molar-refractivity contribution < 1.29 is 51.7 Å². The smallest absolute Gasteiger partial charge is 0.307 e. The molecule has 0 amide bonds. The molecule has 5 nitrogen and oxygen atoms in total. The van der Waals surface area contributed by atoms with Crippen molar-refractivity contribution in [1.29, 1.82) is 0 Å². The fourth-order valence-electron chi connectivity index (χ4n) is 2.76. The van der Waals surface area contributed by atoms with Gasteiger partial charge in [-0.2, -0.15) is 4.68 Å². The second-order valence-corrected chi connectivity index (χ2v) is 5.89. The van der Waals surface area contributed by atoms with Crippen LogP contribution in [0, 0.1) is 13.8 Å². The van der Waals surface area contributed by atoms with E-state index in [9.17, 15) is 9.59 Å². The Morgan fingerprint density at radius 2 is 1.84 bits per heavy atom. The summed E-state index contributed by atoms with van der Waals surface area (Å²) >= 11 is 0. The van der Waals surface area contributed by atoms with Crippen molar-refractivity contribution in [2.75, 3.05) is 6.61 Å². The molecule has 1 aromatic carbocycles. The zero-order valence-electron chi connectivity index (χ0n) is 15.2. The van der Waals surface area contributed by atoms with Gasteiger partial charge in [-0.25, -0.2) is 0 Å². The van der Waals surface area contributed by atoms with Crippen molar-refractivity contribution in [3.63, 3.8) is 0 Å². The maximum absolute atomic E-state index is 12.5. The van der Waals surface area contributed by atoms with Gasteiger partial charge < -0.3 is 4.74 Å². The third-order valence-electron chi connectivity index (χ3n) is 4.05. The normalized spacial score (nSPS) is 10.2. The second-order valence-electron chi connectivity index (χ2n) is 5.89. The summed E-state index contributed by atoms with van der Waals surface area (Å²) < 4.78 is 8.65. The monoisotopic (exact) mass is 418 g/mol. The molecule has 0 aliphatic heterocycles. The maximum Gasteiger partial charge on any atom is 0.307 e. The van der Waals surface area contributed by atoms with E-state index in [1.807, 2.05) is 59.9 Å². The maximum atomic E-state index is 12.5. The molecule has 25 heavy (non-hydrogen) atoms. The SMILES string of the molecule is CCOC(=O)CCn1ccc[n+]1CC(=O)Cc1c(C)cccc1C.[Y]. The molecule has 0 fully saturated rings. The van der Waals surface area contributed by atoms with E-state index in [1.165, 1.54) is 0 Å². The number of Topliss-reactive ketones (excluding diaryl/α,β-unsaturated/α-hetero) is 1. The Labute approximate surface area is 174 Å². The van der Waals surface area contributed by atoms with Gasteiger partial charge in [0.25, 0.3) is 0 Å². The molecule has 6 heteroatoms. The molecule has 0 bridgehead atoms. The first-order valence-corrected chi connectivity index (χ1v) is 8.28. The van der Waals surface area contributed by atoms with Crippen LogP contribution in [-0.2, 0) is 66.5 Å². The van der Waals surface area contributed by atoms with Gasteiger partial charge in [-0.3, -0.25) is 9.59 Å². The Bertz CT molecular complexity index is 705. The van der Waals surface area contributed by atoms with Gasteiger partial charge in [0.05, 0.1) is 25.8 Å². The Kier molecular flexibility index (Phi) is 9.22. The molecule has 131 valence electrons. The van der Waals surface area contributed by atoms with E-state index < -0.39 is 0 Å². The van der Waals surface area contributed by atoms with E-state index in [0.717, 1.165) is 16.7 Å². The van der Waals surface area contributed by atoms with Crippen LogP contribution in [0.2, 0.25) is 0 Å². The Morgan fingerprint density at radius 1 is 1.16 bits per heavy atom. The van der Waals surface area contributed by atoms with Gasteiger partial charge in [0.15, 0.2) is 6.20 Å². The largest absolute Gasteiger partial charge is 0.466 e. The summed E-state index contributed by atoms with van der Waals surface area (Å²) in [4.78, 5) is 23.9. The van der Waals surface area contributed by atoms with Crippen LogP contribution in [0.5, 0.6) is 0 Å². The predicted octanol–water partition coefficient (Wildman–Crippen LogP) is 2.15. The number of hydrogen-bond acceptors (Lipinski definition) is 3. The molecule has 0 saturated heterocycles. The summed E-state index contributed by atoms with van der Waals surface area (Å²) in [5.41, 5.74) is 3.39. The Balaban J connectivity index is 0.00000312. The number of benzene rings is 1. The van der Waals surface area contributed by atoms with Crippen LogP contribution < -0.4 is 4.68 Å².